The van der Waals surface area contributed by atoms with Gasteiger partial charge in [-0.1, -0.05) is 30.3 Å². The normalized spacial score (nSPS) is 11.9. The van der Waals surface area contributed by atoms with Gasteiger partial charge in [-0.25, -0.2) is 9.78 Å². The molecule has 122 valence electrons. The van der Waals surface area contributed by atoms with E-state index in [9.17, 15) is 9.59 Å². The Hall–Kier alpha value is -2.93. The summed E-state index contributed by atoms with van der Waals surface area (Å²) in [6.07, 6.45) is 0. The van der Waals surface area contributed by atoms with Gasteiger partial charge in [0.25, 0.3) is 5.91 Å². The molecule has 3 rings (SSSR count). The van der Waals surface area contributed by atoms with Gasteiger partial charge < -0.3 is 14.8 Å². The van der Waals surface area contributed by atoms with Crippen LogP contribution in [0, 0.1) is 0 Å². The number of amides is 1. The lowest BCUT2D eigenvalue weighted by Gasteiger charge is -2.09. The summed E-state index contributed by atoms with van der Waals surface area (Å²) in [4.78, 5) is 27.4. The number of thiazole rings is 1. The van der Waals surface area contributed by atoms with Gasteiger partial charge in [0.15, 0.2) is 5.76 Å². The fraction of sp³-hybridized carbons (Fsp3) is 0.118. The summed E-state index contributed by atoms with van der Waals surface area (Å²) in [5.74, 6) is -2.01. The molecule has 2 aromatic heterocycles. The Balaban J connectivity index is 1.70. The Morgan fingerprint density at radius 3 is 2.54 bits per heavy atom. The number of aromatic carboxylic acids is 1. The molecule has 1 amide bonds. The van der Waals surface area contributed by atoms with E-state index in [0.29, 0.717) is 0 Å². The molecular formula is C17H14N2O4S. The third-order valence-electron chi connectivity index (χ3n) is 3.35. The van der Waals surface area contributed by atoms with Crippen LogP contribution in [0.3, 0.4) is 0 Å². The minimum absolute atomic E-state index is 0.0425. The Morgan fingerprint density at radius 1 is 1.17 bits per heavy atom. The van der Waals surface area contributed by atoms with Crippen LogP contribution in [0.1, 0.15) is 39.1 Å². The molecular weight excluding hydrogens is 328 g/mol. The van der Waals surface area contributed by atoms with Crippen LogP contribution in [-0.4, -0.2) is 22.0 Å². The molecule has 1 atom stereocenters. The molecule has 2 N–H and O–H groups in total. The zero-order chi connectivity index (χ0) is 17.1. The first-order chi connectivity index (χ1) is 11.5. The van der Waals surface area contributed by atoms with Crippen molar-refractivity contribution in [1.82, 2.24) is 10.3 Å². The molecule has 1 aromatic carbocycles. The average molecular weight is 342 g/mol. The van der Waals surface area contributed by atoms with Crippen LogP contribution in [0.5, 0.6) is 0 Å². The second-order valence-corrected chi connectivity index (χ2v) is 5.99. The fourth-order valence-corrected chi connectivity index (χ4v) is 2.97. The second-order valence-electron chi connectivity index (χ2n) is 5.10. The van der Waals surface area contributed by atoms with Gasteiger partial charge in [-0.3, -0.25) is 4.79 Å². The highest BCUT2D eigenvalue weighted by Crippen LogP contribution is 2.25. The van der Waals surface area contributed by atoms with Crippen LogP contribution in [-0.2, 0) is 0 Å². The van der Waals surface area contributed by atoms with E-state index in [1.807, 2.05) is 42.6 Å². The van der Waals surface area contributed by atoms with Crippen molar-refractivity contribution >= 4 is 23.2 Å². The van der Waals surface area contributed by atoms with Crippen molar-refractivity contribution in [1.29, 1.82) is 0 Å². The highest BCUT2D eigenvalue weighted by atomic mass is 32.1. The van der Waals surface area contributed by atoms with E-state index in [0.717, 1.165) is 16.3 Å². The predicted molar refractivity (Wildman–Crippen MR) is 89.1 cm³/mol. The molecule has 7 heteroatoms. The Labute approximate surface area is 141 Å². The van der Waals surface area contributed by atoms with Gasteiger partial charge in [0, 0.05) is 10.9 Å². The van der Waals surface area contributed by atoms with E-state index in [4.69, 9.17) is 9.52 Å². The average Bonchev–Trinajstić information content (AvgIpc) is 3.25. The number of nitrogens with zero attached hydrogens (tertiary/aromatic N) is 1. The van der Waals surface area contributed by atoms with Gasteiger partial charge in [-0.15, -0.1) is 11.3 Å². The first-order valence-corrected chi connectivity index (χ1v) is 8.07. The maximum Gasteiger partial charge on any atom is 0.371 e. The molecule has 0 spiro atoms. The van der Waals surface area contributed by atoms with Crippen LogP contribution < -0.4 is 5.32 Å². The lowest BCUT2D eigenvalue weighted by Crippen LogP contribution is -2.26. The highest BCUT2D eigenvalue weighted by molar-refractivity contribution is 7.10. The molecule has 2 heterocycles. The Kier molecular flexibility index (Phi) is 4.43. The highest BCUT2D eigenvalue weighted by Gasteiger charge is 2.19. The van der Waals surface area contributed by atoms with Crippen LogP contribution >= 0.6 is 11.3 Å². The zero-order valence-electron chi connectivity index (χ0n) is 12.7. The number of carboxylic acids is 1. The smallest absolute Gasteiger partial charge is 0.371 e. The molecule has 0 saturated heterocycles. The van der Waals surface area contributed by atoms with Gasteiger partial charge >= 0.3 is 5.97 Å². The molecule has 24 heavy (non-hydrogen) atoms. The zero-order valence-corrected chi connectivity index (χ0v) is 13.5. The van der Waals surface area contributed by atoms with Crippen LogP contribution in [0.4, 0.5) is 0 Å². The van der Waals surface area contributed by atoms with Crippen LogP contribution in [0.25, 0.3) is 11.3 Å². The maximum atomic E-state index is 12.1. The topological polar surface area (TPSA) is 92.4 Å². The second kappa shape index (κ2) is 6.67. The van der Waals surface area contributed by atoms with Crippen molar-refractivity contribution in [3.05, 3.63) is 64.4 Å². The van der Waals surface area contributed by atoms with Gasteiger partial charge in [-0.2, -0.15) is 0 Å². The number of rotatable bonds is 5. The van der Waals surface area contributed by atoms with Crippen molar-refractivity contribution in [2.75, 3.05) is 0 Å². The number of carbonyl (C=O) groups excluding carboxylic acids is 1. The van der Waals surface area contributed by atoms with Gasteiger partial charge in [-0.05, 0) is 19.1 Å². The third-order valence-corrected chi connectivity index (χ3v) is 4.38. The lowest BCUT2D eigenvalue weighted by molar-refractivity contribution is 0.0659. The summed E-state index contributed by atoms with van der Waals surface area (Å²) >= 11 is 1.45. The first-order valence-electron chi connectivity index (χ1n) is 7.19. The van der Waals surface area contributed by atoms with Crippen molar-refractivity contribution in [3.8, 4) is 11.3 Å². The van der Waals surface area contributed by atoms with Gasteiger partial charge in [0.1, 0.15) is 5.01 Å². The van der Waals surface area contributed by atoms with Crippen molar-refractivity contribution < 1.29 is 19.1 Å². The first kappa shape index (κ1) is 15.9. The number of aromatic nitrogens is 1. The maximum absolute atomic E-state index is 12.1. The molecule has 0 saturated carbocycles. The Morgan fingerprint density at radius 2 is 1.88 bits per heavy atom. The molecule has 0 bridgehead atoms. The van der Waals surface area contributed by atoms with Crippen molar-refractivity contribution in [3.63, 3.8) is 0 Å². The summed E-state index contributed by atoms with van der Waals surface area (Å²) in [5.41, 5.74) is 1.86. The summed E-state index contributed by atoms with van der Waals surface area (Å²) in [5, 5.41) is 14.3. The number of carboxylic acid groups (broad SMARTS) is 1. The third kappa shape index (κ3) is 3.36. The fourth-order valence-electron chi connectivity index (χ4n) is 2.13. The van der Waals surface area contributed by atoms with E-state index in [2.05, 4.69) is 10.3 Å². The van der Waals surface area contributed by atoms with Crippen molar-refractivity contribution in [2.45, 2.75) is 13.0 Å². The van der Waals surface area contributed by atoms with Gasteiger partial charge in [0.05, 0.1) is 11.7 Å². The number of hydrogen-bond acceptors (Lipinski definition) is 5. The summed E-state index contributed by atoms with van der Waals surface area (Å²) in [7, 11) is 0. The molecule has 0 aliphatic rings. The number of furan rings is 1. The molecule has 0 fully saturated rings. The van der Waals surface area contributed by atoms with Crippen LogP contribution in [0.2, 0.25) is 0 Å². The molecule has 6 nitrogen and oxygen atoms in total. The number of hydrogen-bond donors (Lipinski definition) is 2. The van der Waals surface area contributed by atoms with E-state index in [1.54, 1.807) is 0 Å². The predicted octanol–water partition coefficient (Wildman–Crippen LogP) is 3.59. The molecule has 3 aromatic rings. The lowest BCUT2D eigenvalue weighted by atomic mass is 10.2. The number of nitrogens with one attached hydrogen (secondary N) is 1. The molecule has 0 aliphatic heterocycles. The van der Waals surface area contributed by atoms with E-state index in [1.165, 1.54) is 23.5 Å². The standard InChI is InChI=1S/C17H14N2O4S/c1-10(18-15(20)13-7-8-14(23-13)17(21)22)16-19-12(9-24-16)11-5-3-2-4-6-11/h2-10H,1H3,(H,18,20)(H,21,22). The monoisotopic (exact) mass is 342 g/mol. The minimum Gasteiger partial charge on any atom is -0.475 e. The summed E-state index contributed by atoms with van der Waals surface area (Å²) in [6.45, 7) is 1.81. The quantitative estimate of drug-likeness (QED) is 0.739. The van der Waals surface area contributed by atoms with E-state index in [-0.39, 0.29) is 17.6 Å². The van der Waals surface area contributed by atoms with E-state index >= 15 is 0 Å². The van der Waals surface area contributed by atoms with Crippen molar-refractivity contribution in [2.24, 2.45) is 0 Å². The largest absolute Gasteiger partial charge is 0.475 e. The molecule has 1 unspecified atom stereocenters. The van der Waals surface area contributed by atoms with Crippen LogP contribution in [0.15, 0.2) is 52.3 Å². The SMILES string of the molecule is CC(NC(=O)c1ccc(C(=O)O)o1)c1nc(-c2ccccc2)cs1. The number of carbonyl (C=O) groups is 2. The number of benzene rings is 1. The Bertz CT molecular complexity index is 870. The summed E-state index contributed by atoms with van der Waals surface area (Å²) in [6, 6.07) is 12.0. The van der Waals surface area contributed by atoms with Gasteiger partial charge in [0.2, 0.25) is 5.76 Å². The van der Waals surface area contributed by atoms with E-state index < -0.39 is 11.9 Å². The summed E-state index contributed by atoms with van der Waals surface area (Å²) < 4.78 is 4.99. The molecule has 0 radical (unpaired) electrons. The minimum atomic E-state index is -1.21. The molecule has 0 aliphatic carbocycles.